The van der Waals surface area contributed by atoms with E-state index in [1.54, 1.807) is 60.7 Å². The number of aryl methyl sites for hydroxylation is 2. The Bertz CT molecular complexity index is 1360. The van der Waals surface area contributed by atoms with Crippen LogP contribution in [0.15, 0.2) is 77.7 Å². The number of ether oxygens (including phenoxy) is 1. The molecule has 1 fully saturated rings. The van der Waals surface area contributed by atoms with Gasteiger partial charge in [0.05, 0.1) is 4.91 Å². The molecular formula is C27H23N3O4S2. The number of carbonyl (C=O) groups is 3. The van der Waals surface area contributed by atoms with Crippen LogP contribution in [0, 0.1) is 13.8 Å². The van der Waals surface area contributed by atoms with Gasteiger partial charge in [0.15, 0.2) is 10.9 Å². The predicted octanol–water partition coefficient (Wildman–Crippen LogP) is 4.87. The number of nitrogens with zero attached hydrogens (tertiary/aromatic N) is 1. The van der Waals surface area contributed by atoms with Crippen LogP contribution < -0.4 is 15.5 Å². The molecule has 2 N–H and O–H groups in total. The van der Waals surface area contributed by atoms with Crippen molar-refractivity contribution < 1.29 is 19.1 Å². The van der Waals surface area contributed by atoms with E-state index in [9.17, 15) is 14.4 Å². The summed E-state index contributed by atoms with van der Waals surface area (Å²) < 4.78 is 5.82. The first-order chi connectivity index (χ1) is 17.3. The minimum Gasteiger partial charge on any atom is -0.484 e. The van der Waals surface area contributed by atoms with Crippen LogP contribution in [-0.4, -0.2) is 33.7 Å². The molecule has 4 rings (SSSR count). The summed E-state index contributed by atoms with van der Waals surface area (Å²) >= 11 is 6.38. The zero-order valence-corrected chi connectivity index (χ0v) is 21.2. The van der Waals surface area contributed by atoms with E-state index in [2.05, 4.69) is 10.7 Å². The average Bonchev–Trinajstić information content (AvgIpc) is 3.13. The van der Waals surface area contributed by atoms with Crippen LogP contribution in [0.5, 0.6) is 5.75 Å². The monoisotopic (exact) mass is 517 g/mol. The average molecular weight is 518 g/mol. The van der Waals surface area contributed by atoms with Gasteiger partial charge in [0, 0.05) is 11.3 Å². The molecule has 0 aliphatic carbocycles. The third-order valence-electron chi connectivity index (χ3n) is 5.38. The molecule has 182 valence electrons. The van der Waals surface area contributed by atoms with Gasteiger partial charge < -0.3 is 10.1 Å². The van der Waals surface area contributed by atoms with Gasteiger partial charge in [-0.05, 0) is 85.2 Å². The van der Waals surface area contributed by atoms with Gasteiger partial charge in [-0.15, -0.1) is 0 Å². The van der Waals surface area contributed by atoms with Gasteiger partial charge in [0.2, 0.25) is 0 Å². The van der Waals surface area contributed by atoms with Crippen molar-refractivity contribution >= 4 is 57.8 Å². The van der Waals surface area contributed by atoms with Crippen LogP contribution in [0.25, 0.3) is 6.08 Å². The third-order valence-corrected chi connectivity index (χ3v) is 6.68. The summed E-state index contributed by atoms with van der Waals surface area (Å²) in [5.74, 6) is -0.567. The van der Waals surface area contributed by atoms with E-state index in [0.717, 1.165) is 39.1 Å². The Morgan fingerprint density at radius 3 is 2.42 bits per heavy atom. The largest absolute Gasteiger partial charge is 0.484 e. The summed E-state index contributed by atoms with van der Waals surface area (Å²) in [6.45, 7) is 3.87. The molecule has 3 aromatic carbocycles. The van der Waals surface area contributed by atoms with Crippen LogP contribution in [0.1, 0.15) is 27.0 Å². The third kappa shape index (κ3) is 6.18. The van der Waals surface area contributed by atoms with Gasteiger partial charge in [-0.3, -0.25) is 19.8 Å². The van der Waals surface area contributed by atoms with Gasteiger partial charge in [-0.2, -0.15) is 5.01 Å². The molecular weight excluding hydrogens is 494 g/mol. The number of hydrogen-bond acceptors (Lipinski definition) is 6. The van der Waals surface area contributed by atoms with Gasteiger partial charge in [-0.25, -0.2) is 0 Å². The topological polar surface area (TPSA) is 87.7 Å². The van der Waals surface area contributed by atoms with Crippen LogP contribution in [-0.2, 0) is 9.59 Å². The van der Waals surface area contributed by atoms with Crippen molar-refractivity contribution in [3.05, 3.63) is 100.0 Å². The Labute approximate surface area is 218 Å². The predicted molar refractivity (Wildman–Crippen MR) is 145 cm³/mol. The number of amides is 3. The second kappa shape index (κ2) is 11.2. The molecule has 1 heterocycles. The minimum atomic E-state index is -0.420. The number of carbonyl (C=O) groups excluding carboxylic acids is 3. The first-order valence-electron chi connectivity index (χ1n) is 11.0. The number of anilines is 1. The van der Waals surface area contributed by atoms with E-state index in [4.69, 9.17) is 17.0 Å². The van der Waals surface area contributed by atoms with Crippen molar-refractivity contribution in [1.82, 2.24) is 10.4 Å². The molecule has 36 heavy (non-hydrogen) atoms. The Hall–Kier alpha value is -3.95. The van der Waals surface area contributed by atoms with E-state index in [-0.39, 0.29) is 16.8 Å². The maximum Gasteiger partial charge on any atom is 0.285 e. The van der Waals surface area contributed by atoms with Gasteiger partial charge in [0.1, 0.15) is 5.75 Å². The normalized spacial score (nSPS) is 14.2. The fourth-order valence-electron chi connectivity index (χ4n) is 3.30. The number of benzene rings is 3. The first kappa shape index (κ1) is 25.2. The maximum atomic E-state index is 12.8. The van der Waals surface area contributed by atoms with Crippen molar-refractivity contribution in [3.63, 3.8) is 0 Å². The Balaban J connectivity index is 1.33. The van der Waals surface area contributed by atoms with Gasteiger partial charge >= 0.3 is 0 Å². The molecule has 0 bridgehead atoms. The molecule has 0 unspecified atom stereocenters. The molecule has 1 saturated heterocycles. The highest BCUT2D eigenvalue weighted by Crippen LogP contribution is 2.31. The molecule has 0 aromatic heterocycles. The van der Waals surface area contributed by atoms with Crippen molar-refractivity contribution in [2.45, 2.75) is 13.8 Å². The Morgan fingerprint density at radius 2 is 1.72 bits per heavy atom. The van der Waals surface area contributed by atoms with E-state index in [1.165, 1.54) is 0 Å². The molecule has 3 aromatic rings. The molecule has 7 nitrogen and oxygen atoms in total. The molecule has 9 heteroatoms. The number of hydrogen-bond donors (Lipinski definition) is 2. The molecule has 1 aliphatic rings. The highest BCUT2D eigenvalue weighted by atomic mass is 32.2. The zero-order chi connectivity index (χ0) is 25.7. The van der Waals surface area contributed by atoms with Crippen molar-refractivity contribution in [2.24, 2.45) is 0 Å². The zero-order valence-electron chi connectivity index (χ0n) is 19.6. The van der Waals surface area contributed by atoms with E-state index in [0.29, 0.717) is 16.2 Å². The fraction of sp³-hybridized carbons (Fsp3) is 0.111. The standard InChI is InChI=1S/C27H23N3O4S2/c1-17-8-11-21(14-18(17)2)28-24(31)16-34-22-12-9-19(10-13-22)15-23-26(33)30(27(35)36-23)29-25(32)20-6-4-3-5-7-20/h3-15H,16H2,1-2H3,(H,28,31)(H,29,32)/b23-15-. The van der Waals surface area contributed by atoms with Crippen molar-refractivity contribution in [3.8, 4) is 5.75 Å². The lowest BCUT2D eigenvalue weighted by molar-refractivity contribution is -0.123. The summed E-state index contributed by atoms with van der Waals surface area (Å²) in [7, 11) is 0. The lowest BCUT2D eigenvalue weighted by Gasteiger charge is -2.15. The SMILES string of the molecule is Cc1ccc(NC(=O)COc2ccc(/C=C3\SC(=S)N(NC(=O)c4ccccc4)C3=O)cc2)cc1C. The Morgan fingerprint density at radius 1 is 1.00 bits per heavy atom. The summed E-state index contributed by atoms with van der Waals surface area (Å²) in [5, 5.41) is 3.89. The molecule has 0 saturated carbocycles. The Kier molecular flexibility index (Phi) is 7.82. The second-order valence-electron chi connectivity index (χ2n) is 8.03. The number of thioether (sulfide) groups is 1. The van der Waals surface area contributed by atoms with Crippen LogP contribution in [0.3, 0.4) is 0 Å². The summed E-state index contributed by atoms with van der Waals surface area (Å²) in [4.78, 5) is 37.8. The number of hydrazine groups is 1. The van der Waals surface area contributed by atoms with Crippen LogP contribution in [0.2, 0.25) is 0 Å². The fourth-order valence-corrected chi connectivity index (χ4v) is 4.48. The second-order valence-corrected chi connectivity index (χ2v) is 9.70. The van der Waals surface area contributed by atoms with Crippen LogP contribution >= 0.6 is 24.0 Å². The molecule has 0 radical (unpaired) electrons. The van der Waals surface area contributed by atoms with Crippen LogP contribution in [0.4, 0.5) is 5.69 Å². The molecule has 3 amide bonds. The molecule has 0 spiro atoms. The van der Waals surface area contributed by atoms with E-state index < -0.39 is 11.8 Å². The van der Waals surface area contributed by atoms with E-state index in [1.807, 2.05) is 32.0 Å². The van der Waals surface area contributed by atoms with Crippen molar-refractivity contribution in [2.75, 3.05) is 11.9 Å². The number of nitrogens with one attached hydrogen (secondary N) is 2. The van der Waals surface area contributed by atoms with Gasteiger partial charge in [-0.1, -0.05) is 48.2 Å². The highest BCUT2D eigenvalue weighted by Gasteiger charge is 2.33. The summed E-state index contributed by atoms with van der Waals surface area (Å²) in [5.41, 5.74) is 6.70. The summed E-state index contributed by atoms with van der Waals surface area (Å²) in [6, 6.07) is 21.3. The number of rotatable bonds is 7. The smallest absolute Gasteiger partial charge is 0.285 e. The maximum absolute atomic E-state index is 12.8. The van der Waals surface area contributed by atoms with Crippen molar-refractivity contribution in [1.29, 1.82) is 0 Å². The highest BCUT2D eigenvalue weighted by molar-refractivity contribution is 8.26. The molecule has 1 aliphatic heterocycles. The lowest BCUT2D eigenvalue weighted by Crippen LogP contribution is -2.44. The summed E-state index contributed by atoms with van der Waals surface area (Å²) in [6.07, 6.45) is 1.68. The lowest BCUT2D eigenvalue weighted by atomic mass is 10.1. The number of thiocarbonyl (C=S) groups is 1. The minimum absolute atomic E-state index is 0.133. The van der Waals surface area contributed by atoms with E-state index >= 15 is 0 Å². The van der Waals surface area contributed by atoms with Gasteiger partial charge in [0.25, 0.3) is 17.7 Å². The first-order valence-corrected chi connectivity index (χ1v) is 12.3. The quantitative estimate of drug-likeness (QED) is 0.344. The molecule has 0 atom stereocenters.